The molecule has 0 bridgehead atoms. The van der Waals surface area contributed by atoms with Gasteiger partial charge in [-0.25, -0.2) is 4.68 Å². The third-order valence-corrected chi connectivity index (χ3v) is 4.87. The molecule has 0 amide bonds. The first-order chi connectivity index (χ1) is 11.5. The molecule has 0 aliphatic carbocycles. The van der Waals surface area contributed by atoms with Crippen molar-refractivity contribution in [2.24, 2.45) is 0 Å². The second-order valence-electron chi connectivity index (χ2n) is 5.55. The van der Waals surface area contributed by atoms with Crippen molar-refractivity contribution in [3.63, 3.8) is 0 Å². The van der Waals surface area contributed by atoms with Gasteiger partial charge in [-0.1, -0.05) is 12.1 Å². The van der Waals surface area contributed by atoms with Crippen LogP contribution in [0.15, 0.2) is 21.9 Å². The molecule has 8 heteroatoms. The van der Waals surface area contributed by atoms with Crippen LogP contribution in [0.1, 0.15) is 29.5 Å². The van der Waals surface area contributed by atoms with Crippen molar-refractivity contribution in [3.05, 3.63) is 49.0 Å². The molecule has 24 heavy (non-hydrogen) atoms. The summed E-state index contributed by atoms with van der Waals surface area (Å²) < 4.78 is 6.62. The summed E-state index contributed by atoms with van der Waals surface area (Å²) in [5, 5.41) is 8.68. The van der Waals surface area contributed by atoms with Crippen LogP contribution in [0.5, 0.6) is 5.75 Å². The summed E-state index contributed by atoms with van der Waals surface area (Å²) in [7, 11) is 0. The number of hydrogen-bond donors (Lipinski definition) is 1. The van der Waals surface area contributed by atoms with Gasteiger partial charge in [0.05, 0.1) is 18.5 Å². The first-order valence-electron chi connectivity index (χ1n) is 7.69. The average Bonchev–Trinajstić information content (AvgIpc) is 2.85. The first-order valence-corrected chi connectivity index (χ1v) is 8.50. The van der Waals surface area contributed by atoms with E-state index in [0.717, 1.165) is 16.9 Å². The summed E-state index contributed by atoms with van der Waals surface area (Å²) in [5.74, 6) is 0.277. The number of hydrogen-bond acceptors (Lipinski definition) is 6. The van der Waals surface area contributed by atoms with Gasteiger partial charge in [0.2, 0.25) is 5.43 Å². The van der Waals surface area contributed by atoms with E-state index in [1.54, 1.807) is 0 Å². The van der Waals surface area contributed by atoms with Crippen LogP contribution in [0.4, 0.5) is 0 Å². The van der Waals surface area contributed by atoms with E-state index in [4.69, 9.17) is 4.74 Å². The summed E-state index contributed by atoms with van der Waals surface area (Å²) in [4.78, 5) is 29.3. The Morgan fingerprint density at radius 1 is 1.33 bits per heavy atom. The fourth-order valence-corrected chi connectivity index (χ4v) is 3.34. The topological polar surface area (TPSA) is 89.9 Å². The maximum Gasteiger partial charge on any atom is 0.279 e. The van der Waals surface area contributed by atoms with Gasteiger partial charge in [0.1, 0.15) is 0 Å². The van der Waals surface area contributed by atoms with E-state index in [1.807, 2.05) is 20.8 Å². The molecule has 0 saturated heterocycles. The van der Waals surface area contributed by atoms with Crippen LogP contribution in [0, 0.1) is 13.8 Å². The molecule has 0 fully saturated rings. The summed E-state index contributed by atoms with van der Waals surface area (Å²) in [6.07, 6.45) is 2.34. The molecule has 1 N–H and O–H groups in total. The second kappa shape index (κ2) is 6.56. The SMILES string of the molecule is CCCOc1c[nH]c(Cn2nnc3sc(C)c(C)c3c2=O)cc1=O. The van der Waals surface area contributed by atoms with Gasteiger partial charge in [-0.2, -0.15) is 0 Å². The van der Waals surface area contributed by atoms with Crippen LogP contribution >= 0.6 is 11.3 Å². The monoisotopic (exact) mass is 346 g/mol. The number of fused-ring (bicyclic) bond motifs is 1. The summed E-state index contributed by atoms with van der Waals surface area (Å²) in [6, 6.07) is 1.43. The minimum atomic E-state index is -0.221. The number of ether oxygens (including phenoxy) is 1. The highest BCUT2D eigenvalue weighted by Crippen LogP contribution is 2.24. The summed E-state index contributed by atoms with van der Waals surface area (Å²) in [6.45, 7) is 6.47. The van der Waals surface area contributed by atoms with Crippen molar-refractivity contribution in [2.45, 2.75) is 33.7 Å². The van der Waals surface area contributed by atoms with Gasteiger partial charge in [0, 0.05) is 22.8 Å². The second-order valence-corrected chi connectivity index (χ2v) is 6.75. The lowest BCUT2D eigenvalue weighted by molar-refractivity contribution is 0.313. The number of nitrogens with one attached hydrogen (secondary N) is 1. The number of nitrogens with zero attached hydrogens (tertiary/aromatic N) is 3. The van der Waals surface area contributed by atoms with E-state index in [2.05, 4.69) is 15.3 Å². The number of aromatic nitrogens is 4. The molecule has 0 radical (unpaired) electrons. The minimum Gasteiger partial charge on any atom is -0.488 e. The smallest absolute Gasteiger partial charge is 0.279 e. The lowest BCUT2D eigenvalue weighted by Gasteiger charge is -2.06. The third kappa shape index (κ3) is 2.96. The molecule has 3 aromatic rings. The van der Waals surface area contributed by atoms with Crippen molar-refractivity contribution in [1.82, 2.24) is 20.0 Å². The number of rotatable bonds is 5. The van der Waals surface area contributed by atoms with Crippen LogP contribution in [-0.2, 0) is 6.54 Å². The standard InChI is InChI=1S/C16H18N4O3S/c1-4-5-23-13-7-17-11(6-12(13)21)8-20-16(22)14-9(2)10(3)24-15(14)18-19-20/h6-7H,4-5,8H2,1-3H3,(H,17,21). The first kappa shape index (κ1) is 16.4. The van der Waals surface area contributed by atoms with E-state index < -0.39 is 0 Å². The van der Waals surface area contributed by atoms with Gasteiger partial charge < -0.3 is 9.72 Å². The van der Waals surface area contributed by atoms with Gasteiger partial charge in [-0.05, 0) is 25.8 Å². The zero-order valence-corrected chi connectivity index (χ0v) is 14.6. The highest BCUT2D eigenvalue weighted by atomic mass is 32.1. The Hall–Kier alpha value is -2.48. The largest absolute Gasteiger partial charge is 0.488 e. The van der Waals surface area contributed by atoms with E-state index in [9.17, 15) is 9.59 Å². The van der Waals surface area contributed by atoms with Crippen molar-refractivity contribution < 1.29 is 4.74 Å². The Morgan fingerprint density at radius 3 is 2.83 bits per heavy atom. The van der Waals surface area contributed by atoms with Gasteiger partial charge >= 0.3 is 0 Å². The molecule has 0 saturated carbocycles. The molecule has 0 aliphatic heterocycles. The molecule has 3 aromatic heterocycles. The number of H-pyrrole nitrogens is 1. The molecule has 3 rings (SSSR count). The van der Waals surface area contributed by atoms with Gasteiger partial charge in [-0.3, -0.25) is 9.59 Å². The molecule has 0 spiro atoms. The van der Waals surface area contributed by atoms with Crippen LogP contribution in [0.25, 0.3) is 10.2 Å². The molecule has 0 atom stereocenters. The zero-order valence-electron chi connectivity index (χ0n) is 13.8. The maximum atomic E-state index is 12.6. The van der Waals surface area contributed by atoms with Crippen LogP contribution in [0.3, 0.4) is 0 Å². The number of aromatic amines is 1. The van der Waals surface area contributed by atoms with Crippen molar-refractivity contribution in [2.75, 3.05) is 6.61 Å². The van der Waals surface area contributed by atoms with E-state index in [-0.39, 0.29) is 23.3 Å². The average molecular weight is 346 g/mol. The highest BCUT2D eigenvalue weighted by molar-refractivity contribution is 7.18. The van der Waals surface area contributed by atoms with Crippen molar-refractivity contribution in [3.8, 4) is 5.75 Å². The molecule has 0 aliphatic rings. The fourth-order valence-electron chi connectivity index (χ4n) is 2.38. The van der Waals surface area contributed by atoms with Crippen molar-refractivity contribution in [1.29, 1.82) is 0 Å². The highest BCUT2D eigenvalue weighted by Gasteiger charge is 2.14. The van der Waals surface area contributed by atoms with Gasteiger partial charge in [-0.15, -0.1) is 16.4 Å². The molecule has 3 heterocycles. The molecular weight excluding hydrogens is 328 g/mol. The Morgan fingerprint density at radius 2 is 2.12 bits per heavy atom. The van der Waals surface area contributed by atoms with E-state index in [1.165, 1.54) is 28.3 Å². The predicted molar refractivity (Wildman–Crippen MR) is 93.1 cm³/mol. The van der Waals surface area contributed by atoms with Gasteiger partial charge in [0.25, 0.3) is 5.56 Å². The Bertz CT molecular complexity index is 1000. The molecular formula is C16H18N4O3S. The quantitative estimate of drug-likeness (QED) is 0.763. The van der Waals surface area contributed by atoms with Gasteiger partial charge in [0.15, 0.2) is 10.6 Å². The van der Waals surface area contributed by atoms with E-state index in [0.29, 0.717) is 22.5 Å². The Kier molecular flexibility index (Phi) is 4.48. The van der Waals surface area contributed by atoms with E-state index >= 15 is 0 Å². The minimum absolute atomic E-state index is 0.152. The lowest BCUT2D eigenvalue weighted by Crippen LogP contribution is -2.25. The van der Waals surface area contributed by atoms with Crippen molar-refractivity contribution >= 4 is 21.6 Å². The summed E-state index contributed by atoms with van der Waals surface area (Å²) in [5.41, 5.74) is 1.08. The summed E-state index contributed by atoms with van der Waals surface area (Å²) >= 11 is 1.46. The zero-order chi connectivity index (χ0) is 17.3. The number of aryl methyl sites for hydroxylation is 2. The van der Waals surface area contributed by atoms with Crippen LogP contribution in [-0.4, -0.2) is 26.6 Å². The molecule has 0 unspecified atom stereocenters. The normalized spacial score (nSPS) is 11.1. The number of thiophene rings is 1. The number of pyridine rings is 1. The van der Waals surface area contributed by atoms with Crippen LogP contribution in [0.2, 0.25) is 0 Å². The third-order valence-electron chi connectivity index (χ3n) is 3.78. The fraction of sp³-hybridized carbons (Fsp3) is 0.375. The predicted octanol–water partition coefficient (Wildman–Crippen LogP) is 2.00. The Balaban J connectivity index is 1.94. The molecule has 126 valence electrons. The van der Waals surface area contributed by atoms with Crippen LogP contribution < -0.4 is 15.7 Å². The Labute approximate surface area is 141 Å². The molecule has 7 nitrogen and oxygen atoms in total. The maximum absolute atomic E-state index is 12.6. The molecule has 0 aromatic carbocycles. The lowest BCUT2D eigenvalue weighted by atomic mass is 10.2.